The van der Waals surface area contributed by atoms with Crippen LogP contribution in [0.1, 0.15) is 18.1 Å². The van der Waals surface area contributed by atoms with Crippen LogP contribution in [0.3, 0.4) is 0 Å². The fraction of sp³-hybridized carbons (Fsp3) is 0.316. The second-order valence-electron chi connectivity index (χ2n) is 5.39. The number of benzene rings is 2. The summed E-state index contributed by atoms with van der Waals surface area (Å²) in [5.41, 5.74) is 2.30. The van der Waals surface area contributed by atoms with Crippen molar-refractivity contribution in [3.05, 3.63) is 59.7 Å². The van der Waals surface area contributed by atoms with E-state index < -0.39 is 0 Å². The van der Waals surface area contributed by atoms with Gasteiger partial charge < -0.3 is 20.5 Å². The molecule has 0 aromatic heterocycles. The lowest BCUT2D eigenvalue weighted by Gasteiger charge is -2.11. The predicted octanol–water partition coefficient (Wildman–Crippen LogP) is 3.32. The van der Waals surface area contributed by atoms with Crippen LogP contribution in [0.25, 0.3) is 0 Å². The number of hydrogen-bond donors (Lipinski definition) is 3. The number of ether oxygens (including phenoxy) is 1. The van der Waals surface area contributed by atoms with E-state index in [4.69, 9.17) is 4.74 Å². The first-order chi connectivity index (χ1) is 11.7. The van der Waals surface area contributed by atoms with Crippen LogP contribution < -0.4 is 15.4 Å². The fourth-order valence-corrected chi connectivity index (χ4v) is 2.23. The summed E-state index contributed by atoms with van der Waals surface area (Å²) in [4.78, 5) is 4.56. The average molecular weight is 455 g/mol. The zero-order valence-corrected chi connectivity index (χ0v) is 17.0. The number of guanidine groups is 1. The van der Waals surface area contributed by atoms with Gasteiger partial charge in [-0.3, -0.25) is 0 Å². The molecule has 0 atom stereocenters. The second-order valence-corrected chi connectivity index (χ2v) is 5.39. The number of nitrogens with zero attached hydrogens (tertiary/aromatic N) is 1. The van der Waals surface area contributed by atoms with Crippen molar-refractivity contribution in [3.8, 4) is 11.5 Å². The van der Waals surface area contributed by atoms with Crippen LogP contribution in [0.2, 0.25) is 0 Å². The summed E-state index contributed by atoms with van der Waals surface area (Å²) >= 11 is 0. The van der Waals surface area contributed by atoms with Gasteiger partial charge in [-0.2, -0.15) is 0 Å². The van der Waals surface area contributed by atoms with Crippen LogP contribution >= 0.6 is 24.0 Å². The number of methoxy groups -OCH3 is 1. The molecule has 0 fully saturated rings. The van der Waals surface area contributed by atoms with Crippen LogP contribution in [0, 0.1) is 0 Å². The van der Waals surface area contributed by atoms with Gasteiger partial charge in [-0.1, -0.05) is 24.3 Å². The van der Waals surface area contributed by atoms with Gasteiger partial charge in [-0.15, -0.1) is 24.0 Å². The van der Waals surface area contributed by atoms with Crippen LogP contribution in [0.4, 0.5) is 0 Å². The van der Waals surface area contributed by atoms with Crippen LogP contribution in [-0.4, -0.2) is 31.3 Å². The van der Waals surface area contributed by atoms with E-state index in [-0.39, 0.29) is 29.7 Å². The highest BCUT2D eigenvalue weighted by atomic mass is 127. The molecular formula is C19H26IN3O2. The number of rotatable bonds is 7. The Kier molecular flexibility index (Phi) is 9.76. The maximum Gasteiger partial charge on any atom is 0.191 e. The number of halogens is 1. The first-order valence-corrected chi connectivity index (χ1v) is 8.14. The summed E-state index contributed by atoms with van der Waals surface area (Å²) in [6, 6.07) is 15.2. The molecule has 0 spiro atoms. The molecule has 2 aromatic carbocycles. The lowest BCUT2D eigenvalue weighted by atomic mass is 10.1. The number of aromatic hydroxyl groups is 1. The molecule has 25 heavy (non-hydrogen) atoms. The Hall–Kier alpha value is -1.96. The highest BCUT2D eigenvalue weighted by Crippen LogP contribution is 2.11. The van der Waals surface area contributed by atoms with E-state index >= 15 is 0 Å². The monoisotopic (exact) mass is 455 g/mol. The molecule has 0 heterocycles. The highest BCUT2D eigenvalue weighted by Gasteiger charge is 1.99. The standard InChI is InChI=1S/C19H25N3O2.HI/c1-3-20-19(22-14-16-4-8-17(23)9-5-16)21-13-12-15-6-10-18(24-2)11-7-15;/h4-11,23H,3,12-14H2,1-2H3,(H2,20,21,22);1H. The Bertz CT molecular complexity index is 643. The Morgan fingerprint density at radius 3 is 2.24 bits per heavy atom. The van der Waals surface area contributed by atoms with Crippen molar-refractivity contribution in [2.45, 2.75) is 19.9 Å². The highest BCUT2D eigenvalue weighted by molar-refractivity contribution is 14.0. The normalized spacial score (nSPS) is 10.7. The average Bonchev–Trinajstić information content (AvgIpc) is 2.61. The molecule has 136 valence electrons. The van der Waals surface area contributed by atoms with E-state index in [0.29, 0.717) is 6.54 Å². The van der Waals surface area contributed by atoms with Gasteiger partial charge in [0.1, 0.15) is 11.5 Å². The van der Waals surface area contributed by atoms with Crippen LogP contribution in [-0.2, 0) is 13.0 Å². The van der Waals surface area contributed by atoms with Gasteiger partial charge in [0.2, 0.25) is 0 Å². The minimum Gasteiger partial charge on any atom is -0.508 e. The third kappa shape index (κ3) is 7.64. The molecule has 5 nitrogen and oxygen atoms in total. The van der Waals surface area contributed by atoms with Gasteiger partial charge >= 0.3 is 0 Å². The Morgan fingerprint density at radius 2 is 1.64 bits per heavy atom. The topological polar surface area (TPSA) is 65.9 Å². The molecule has 0 aliphatic rings. The molecule has 0 saturated heterocycles. The van der Waals surface area contributed by atoms with E-state index in [0.717, 1.165) is 36.8 Å². The molecule has 0 bridgehead atoms. The maximum absolute atomic E-state index is 9.31. The minimum absolute atomic E-state index is 0. The van der Waals surface area contributed by atoms with E-state index in [1.807, 2.05) is 31.2 Å². The number of nitrogens with one attached hydrogen (secondary N) is 2. The predicted molar refractivity (Wildman–Crippen MR) is 113 cm³/mol. The molecule has 0 radical (unpaired) electrons. The summed E-state index contributed by atoms with van der Waals surface area (Å²) in [5, 5.41) is 15.9. The van der Waals surface area contributed by atoms with Crippen molar-refractivity contribution < 1.29 is 9.84 Å². The van der Waals surface area contributed by atoms with Crippen molar-refractivity contribution in [3.63, 3.8) is 0 Å². The lowest BCUT2D eigenvalue weighted by molar-refractivity contribution is 0.414. The smallest absolute Gasteiger partial charge is 0.191 e. The third-order valence-electron chi connectivity index (χ3n) is 3.57. The Morgan fingerprint density at radius 1 is 1.00 bits per heavy atom. The SMILES string of the molecule is CCNC(=NCc1ccc(O)cc1)NCCc1ccc(OC)cc1.I. The van der Waals surface area contributed by atoms with Gasteiger partial charge in [0.15, 0.2) is 5.96 Å². The first kappa shape index (κ1) is 21.1. The second kappa shape index (κ2) is 11.6. The molecule has 0 unspecified atom stereocenters. The Balaban J connectivity index is 0.00000312. The third-order valence-corrected chi connectivity index (χ3v) is 3.57. The maximum atomic E-state index is 9.31. The minimum atomic E-state index is 0. The van der Waals surface area contributed by atoms with Gasteiger partial charge in [0, 0.05) is 13.1 Å². The molecule has 3 N–H and O–H groups in total. The number of aliphatic imine (C=N–C) groups is 1. The summed E-state index contributed by atoms with van der Waals surface area (Å²) in [6.45, 7) is 4.22. The van der Waals surface area contributed by atoms with Gasteiger partial charge in [-0.25, -0.2) is 4.99 Å². The Labute approximate surface area is 166 Å². The van der Waals surface area contributed by atoms with Crippen molar-refractivity contribution in [2.24, 2.45) is 4.99 Å². The first-order valence-electron chi connectivity index (χ1n) is 8.14. The van der Waals surface area contributed by atoms with E-state index in [9.17, 15) is 5.11 Å². The number of phenols is 1. The zero-order valence-electron chi connectivity index (χ0n) is 14.7. The van der Waals surface area contributed by atoms with Crippen molar-refractivity contribution in [1.82, 2.24) is 10.6 Å². The van der Waals surface area contributed by atoms with Crippen LogP contribution in [0.15, 0.2) is 53.5 Å². The summed E-state index contributed by atoms with van der Waals surface area (Å²) in [6.07, 6.45) is 0.910. The molecule has 2 rings (SSSR count). The van der Waals surface area contributed by atoms with Gasteiger partial charge in [0.05, 0.1) is 13.7 Å². The van der Waals surface area contributed by atoms with Crippen molar-refractivity contribution in [2.75, 3.05) is 20.2 Å². The van der Waals surface area contributed by atoms with E-state index in [1.165, 1.54) is 5.56 Å². The van der Waals surface area contributed by atoms with E-state index in [1.54, 1.807) is 19.2 Å². The molecule has 0 aliphatic heterocycles. The molecular weight excluding hydrogens is 429 g/mol. The van der Waals surface area contributed by atoms with Crippen molar-refractivity contribution >= 4 is 29.9 Å². The summed E-state index contributed by atoms with van der Waals surface area (Å²) in [7, 11) is 1.67. The molecule has 0 saturated carbocycles. The lowest BCUT2D eigenvalue weighted by Crippen LogP contribution is -2.38. The quantitative estimate of drug-likeness (QED) is 0.341. The fourth-order valence-electron chi connectivity index (χ4n) is 2.23. The summed E-state index contributed by atoms with van der Waals surface area (Å²) < 4.78 is 5.16. The van der Waals surface area contributed by atoms with Crippen LogP contribution in [0.5, 0.6) is 11.5 Å². The molecule has 0 aliphatic carbocycles. The van der Waals surface area contributed by atoms with E-state index in [2.05, 4.69) is 27.8 Å². The summed E-state index contributed by atoms with van der Waals surface area (Å²) in [5.74, 6) is 1.93. The molecule has 6 heteroatoms. The number of phenolic OH excluding ortho intramolecular Hbond substituents is 1. The number of hydrogen-bond acceptors (Lipinski definition) is 3. The molecule has 2 aromatic rings. The largest absolute Gasteiger partial charge is 0.508 e. The van der Waals surface area contributed by atoms with Gasteiger partial charge in [-0.05, 0) is 48.7 Å². The molecule has 0 amide bonds. The van der Waals surface area contributed by atoms with Crippen molar-refractivity contribution in [1.29, 1.82) is 0 Å². The van der Waals surface area contributed by atoms with Gasteiger partial charge in [0.25, 0.3) is 0 Å². The zero-order chi connectivity index (χ0) is 17.2.